The van der Waals surface area contributed by atoms with Gasteiger partial charge in [0.05, 0.1) is 0 Å². The molecule has 0 bridgehead atoms. The third-order valence-electron chi connectivity index (χ3n) is 3.27. The molecule has 0 aromatic heterocycles. The van der Waals surface area contributed by atoms with Crippen molar-refractivity contribution in [1.82, 2.24) is 5.32 Å². The maximum atomic E-state index is 4.20. The maximum absolute atomic E-state index is 4.20. The van der Waals surface area contributed by atoms with E-state index in [-0.39, 0.29) is 0 Å². The molecule has 1 aromatic rings. The van der Waals surface area contributed by atoms with Gasteiger partial charge in [0.2, 0.25) is 0 Å². The Morgan fingerprint density at radius 2 is 2.00 bits per heavy atom. The van der Waals surface area contributed by atoms with Gasteiger partial charge in [0.25, 0.3) is 0 Å². The monoisotopic (exact) mass is 235 g/mol. The second-order valence-electron chi connectivity index (χ2n) is 4.53. The van der Waals surface area contributed by atoms with Crippen LogP contribution in [-0.2, 0) is 19.3 Å². The molecule has 0 unspecified atom stereocenters. The molecule has 0 saturated carbocycles. The summed E-state index contributed by atoms with van der Waals surface area (Å²) in [7, 11) is 0. The van der Waals surface area contributed by atoms with E-state index in [1.165, 1.54) is 24.8 Å². The summed E-state index contributed by atoms with van der Waals surface area (Å²) in [5, 5.41) is 3.45. The molecule has 1 nitrogen and oxygen atoms in total. The molecule has 88 valence electrons. The molecule has 0 amide bonds. The van der Waals surface area contributed by atoms with E-state index >= 15 is 0 Å². The van der Waals surface area contributed by atoms with E-state index in [0.717, 1.165) is 31.7 Å². The Morgan fingerprint density at radius 3 is 2.88 bits per heavy atom. The lowest BCUT2D eigenvalue weighted by atomic mass is 10.0. The Hall–Kier alpha value is -0.470. The van der Waals surface area contributed by atoms with Crippen molar-refractivity contribution in [2.45, 2.75) is 32.1 Å². The van der Waals surface area contributed by atoms with Gasteiger partial charge in [-0.3, -0.25) is 0 Å². The third kappa shape index (κ3) is 3.26. The highest BCUT2D eigenvalue weighted by molar-refractivity contribution is 7.80. The maximum Gasteiger partial charge on any atom is -0.000834 e. The van der Waals surface area contributed by atoms with Gasteiger partial charge in [-0.25, -0.2) is 0 Å². The number of nitrogens with one attached hydrogen (secondary N) is 1. The average molecular weight is 235 g/mol. The van der Waals surface area contributed by atoms with Crippen LogP contribution in [0.5, 0.6) is 0 Å². The Bertz CT molecular complexity index is 336. The van der Waals surface area contributed by atoms with Crippen LogP contribution >= 0.6 is 12.6 Å². The van der Waals surface area contributed by atoms with Crippen molar-refractivity contribution in [2.75, 3.05) is 18.8 Å². The number of aryl methyl sites for hydroxylation is 2. The Labute approximate surface area is 104 Å². The van der Waals surface area contributed by atoms with Crippen LogP contribution in [0.1, 0.15) is 29.5 Å². The van der Waals surface area contributed by atoms with Gasteiger partial charge >= 0.3 is 0 Å². The molecule has 1 aromatic carbocycles. The van der Waals surface area contributed by atoms with Gasteiger partial charge in [0.1, 0.15) is 0 Å². The zero-order valence-electron chi connectivity index (χ0n) is 9.84. The van der Waals surface area contributed by atoms with Crippen molar-refractivity contribution in [3.63, 3.8) is 0 Å². The fourth-order valence-corrected chi connectivity index (χ4v) is 2.50. The first kappa shape index (κ1) is 12.0. The Balaban J connectivity index is 1.77. The molecule has 0 saturated heterocycles. The summed E-state index contributed by atoms with van der Waals surface area (Å²) in [6.07, 6.45) is 6.23. The SMILES string of the molecule is SCCCNCCc1ccc2c(c1)CCC2. The number of fused-ring (bicyclic) bond motifs is 1. The molecule has 16 heavy (non-hydrogen) atoms. The zero-order valence-corrected chi connectivity index (χ0v) is 10.7. The van der Waals surface area contributed by atoms with E-state index in [2.05, 4.69) is 36.1 Å². The van der Waals surface area contributed by atoms with Crippen LogP contribution in [0.3, 0.4) is 0 Å². The van der Waals surface area contributed by atoms with Crippen LogP contribution in [0.4, 0.5) is 0 Å². The van der Waals surface area contributed by atoms with Crippen LogP contribution in [0.25, 0.3) is 0 Å². The van der Waals surface area contributed by atoms with Gasteiger partial charge in [-0.1, -0.05) is 18.2 Å². The molecule has 0 heterocycles. The highest BCUT2D eigenvalue weighted by Gasteiger charge is 2.10. The van der Waals surface area contributed by atoms with Crippen LogP contribution in [0, 0.1) is 0 Å². The minimum Gasteiger partial charge on any atom is -0.316 e. The summed E-state index contributed by atoms with van der Waals surface area (Å²) in [5.41, 5.74) is 4.65. The molecular formula is C14H21NS. The summed E-state index contributed by atoms with van der Waals surface area (Å²) in [6, 6.07) is 7.03. The van der Waals surface area contributed by atoms with Gasteiger partial charge in [-0.2, -0.15) is 12.6 Å². The topological polar surface area (TPSA) is 12.0 Å². The summed E-state index contributed by atoms with van der Waals surface area (Å²) in [5.74, 6) is 0.978. The first-order valence-corrected chi connectivity index (χ1v) is 6.95. The number of thiol groups is 1. The van der Waals surface area contributed by atoms with Crippen LogP contribution < -0.4 is 5.32 Å². The Morgan fingerprint density at radius 1 is 1.12 bits per heavy atom. The van der Waals surface area contributed by atoms with Crippen LogP contribution in [-0.4, -0.2) is 18.8 Å². The number of benzene rings is 1. The fraction of sp³-hybridized carbons (Fsp3) is 0.571. The number of hydrogen-bond acceptors (Lipinski definition) is 2. The predicted octanol–water partition coefficient (Wildman–Crippen LogP) is 2.63. The predicted molar refractivity (Wildman–Crippen MR) is 73.5 cm³/mol. The van der Waals surface area contributed by atoms with Crippen molar-refractivity contribution in [3.05, 3.63) is 34.9 Å². The van der Waals surface area contributed by atoms with E-state index in [0.29, 0.717) is 0 Å². The van der Waals surface area contributed by atoms with Crippen molar-refractivity contribution in [1.29, 1.82) is 0 Å². The summed E-state index contributed by atoms with van der Waals surface area (Å²) < 4.78 is 0. The molecule has 1 aliphatic rings. The fourth-order valence-electron chi connectivity index (χ4n) is 2.34. The average Bonchev–Trinajstić information content (AvgIpc) is 2.76. The molecular weight excluding hydrogens is 214 g/mol. The second kappa shape index (κ2) is 6.31. The van der Waals surface area contributed by atoms with Crippen molar-refractivity contribution >= 4 is 12.6 Å². The third-order valence-corrected chi connectivity index (χ3v) is 3.58. The van der Waals surface area contributed by atoms with Crippen LogP contribution in [0.15, 0.2) is 18.2 Å². The Kier molecular flexibility index (Phi) is 4.73. The second-order valence-corrected chi connectivity index (χ2v) is 4.98. The van der Waals surface area contributed by atoms with Gasteiger partial charge in [-0.15, -0.1) is 0 Å². The molecule has 0 radical (unpaired) electrons. The summed E-state index contributed by atoms with van der Waals surface area (Å²) >= 11 is 4.20. The molecule has 1 aliphatic carbocycles. The number of rotatable bonds is 6. The highest BCUT2D eigenvalue weighted by atomic mass is 32.1. The van der Waals surface area contributed by atoms with Gasteiger partial charge in [0.15, 0.2) is 0 Å². The zero-order chi connectivity index (χ0) is 11.2. The minimum atomic E-state index is 0.978. The highest BCUT2D eigenvalue weighted by Crippen LogP contribution is 2.22. The normalized spacial score (nSPS) is 14.1. The standard InChI is InChI=1S/C14H21NS/c16-10-2-8-15-9-7-12-5-6-13-3-1-4-14(13)11-12/h5-6,11,15-16H,1-4,7-10H2. The largest absolute Gasteiger partial charge is 0.316 e. The smallest absolute Gasteiger partial charge is 0.000834 e. The molecule has 0 aliphatic heterocycles. The molecule has 0 spiro atoms. The van der Waals surface area contributed by atoms with E-state index in [1.807, 2.05) is 0 Å². The van der Waals surface area contributed by atoms with E-state index in [4.69, 9.17) is 0 Å². The van der Waals surface area contributed by atoms with Crippen molar-refractivity contribution in [3.8, 4) is 0 Å². The summed E-state index contributed by atoms with van der Waals surface area (Å²) in [6.45, 7) is 2.18. The molecule has 0 atom stereocenters. The molecule has 2 heteroatoms. The van der Waals surface area contributed by atoms with Gasteiger partial charge in [-0.05, 0) is 67.6 Å². The van der Waals surface area contributed by atoms with Gasteiger partial charge < -0.3 is 5.32 Å². The lowest BCUT2D eigenvalue weighted by Gasteiger charge is -2.06. The molecule has 2 rings (SSSR count). The van der Waals surface area contributed by atoms with E-state index in [1.54, 1.807) is 11.1 Å². The van der Waals surface area contributed by atoms with Crippen molar-refractivity contribution in [2.24, 2.45) is 0 Å². The summed E-state index contributed by atoms with van der Waals surface area (Å²) in [4.78, 5) is 0. The molecule has 0 fully saturated rings. The van der Waals surface area contributed by atoms with Crippen LogP contribution in [0.2, 0.25) is 0 Å². The first-order valence-electron chi connectivity index (χ1n) is 6.32. The van der Waals surface area contributed by atoms with Gasteiger partial charge in [0, 0.05) is 0 Å². The first-order chi connectivity index (χ1) is 7.90. The lowest BCUT2D eigenvalue weighted by molar-refractivity contribution is 0.674. The van der Waals surface area contributed by atoms with E-state index in [9.17, 15) is 0 Å². The quantitative estimate of drug-likeness (QED) is 0.570. The molecule has 1 N–H and O–H groups in total. The van der Waals surface area contributed by atoms with Crippen molar-refractivity contribution < 1.29 is 0 Å². The number of hydrogen-bond donors (Lipinski definition) is 2. The minimum absolute atomic E-state index is 0.978. The van der Waals surface area contributed by atoms with E-state index < -0.39 is 0 Å². The lowest BCUT2D eigenvalue weighted by Crippen LogP contribution is -2.18.